The Bertz CT molecular complexity index is 826. The summed E-state index contributed by atoms with van der Waals surface area (Å²) < 4.78 is 1.16. The zero-order valence-corrected chi connectivity index (χ0v) is 19.4. The van der Waals surface area contributed by atoms with Gasteiger partial charge in [0.2, 0.25) is 5.91 Å². The number of benzene rings is 1. The Morgan fingerprint density at radius 2 is 1.76 bits per heavy atom. The van der Waals surface area contributed by atoms with Crippen LogP contribution in [-0.4, -0.2) is 64.9 Å². The van der Waals surface area contributed by atoms with Gasteiger partial charge in [0.15, 0.2) is 0 Å². The standard InChI is InChI=1S/C22H29BrN4OS/c1-17-24-20(16-29-17)15-25-8-6-18(7-9-25)22(28)27-12-10-26(11-13-27)14-19-4-2-3-5-21(19)23/h2-5,16,18H,6-15H2,1H3. The molecule has 1 aromatic carbocycles. The summed E-state index contributed by atoms with van der Waals surface area (Å²) in [5, 5.41) is 3.28. The number of piperidine rings is 1. The Kier molecular flexibility index (Phi) is 7.00. The zero-order valence-electron chi connectivity index (χ0n) is 17.0. The van der Waals surface area contributed by atoms with Gasteiger partial charge in [0.1, 0.15) is 0 Å². The van der Waals surface area contributed by atoms with E-state index in [9.17, 15) is 4.79 Å². The lowest BCUT2D eigenvalue weighted by molar-refractivity contribution is -0.139. The third kappa shape index (κ3) is 5.45. The van der Waals surface area contributed by atoms with E-state index in [-0.39, 0.29) is 5.92 Å². The molecule has 2 fully saturated rings. The first-order chi connectivity index (χ1) is 14.1. The molecule has 0 aliphatic carbocycles. The van der Waals surface area contributed by atoms with Crippen molar-refractivity contribution in [3.05, 3.63) is 50.4 Å². The van der Waals surface area contributed by atoms with Crippen LogP contribution in [0.4, 0.5) is 0 Å². The first kappa shape index (κ1) is 21.0. The van der Waals surface area contributed by atoms with Crippen molar-refractivity contribution in [2.24, 2.45) is 5.92 Å². The topological polar surface area (TPSA) is 39.7 Å². The number of likely N-dealkylation sites (tertiary alicyclic amines) is 1. The Hall–Kier alpha value is -1.28. The van der Waals surface area contributed by atoms with Gasteiger partial charge in [-0.1, -0.05) is 34.1 Å². The second kappa shape index (κ2) is 9.69. The Labute approximate surface area is 185 Å². The molecule has 0 N–H and O–H groups in total. The Morgan fingerprint density at radius 3 is 2.41 bits per heavy atom. The van der Waals surface area contributed by atoms with Crippen LogP contribution in [0.1, 0.15) is 29.1 Å². The molecule has 0 spiro atoms. The lowest BCUT2D eigenvalue weighted by Crippen LogP contribution is -2.51. The molecule has 1 aromatic heterocycles. The molecular formula is C22H29BrN4OS. The molecular weight excluding hydrogens is 448 g/mol. The fraction of sp³-hybridized carbons (Fsp3) is 0.545. The van der Waals surface area contributed by atoms with Crippen molar-refractivity contribution in [1.29, 1.82) is 0 Å². The monoisotopic (exact) mass is 476 g/mol. The predicted molar refractivity (Wildman–Crippen MR) is 121 cm³/mol. The molecule has 0 saturated carbocycles. The maximum absolute atomic E-state index is 13.0. The number of aromatic nitrogens is 1. The molecule has 0 unspecified atom stereocenters. The van der Waals surface area contributed by atoms with Crippen LogP contribution >= 0.6 is 27.3 Å². The van der Waals surface area contributed by atoms with E-state index in [0.717, 1.165) is 74.7 Å². The second-order valence-corrected chi connectivity index (χ2v) is 10.0. The second-order valence-electron chi connectivity index (χ2n) is 8.10. The summed E-state index contributed by atoms with van der Waals surface area (Å²) >= 11 is 5.35. The van der Waals surface area contributed by atoms with Crippen molar-refractivity contribution in [2.75, 3.05) is 39.3 Å². The van der Waals surface area contributed by atoms with Gasteiger partial charge in [-0.05, 0) is 44.5 Å². The summed E-state index contributed by atoms with van der Waals surface area (Å²) in [6, 6.07) is 8.40. The van der Waals surface area contributed by atoms with Gasteiger partial charge in [0, 0.05) is 55.0 Å². The van der Waals surface area contributed by atoms with E-state index in [1.54, 1.807) is 11.3 Å². The lowest BCUT2D eigenvalue weighted by atomic mass is 9.95. The van der Waals surface area contributed by atoms with Crippen LogP contribution in [0.25, 0.3) is 0 Å². The minimum atomic E-state index is 0.193. The zero-order chi connectivity index (χ0) is 20.2. The van der Waals surface area contributed by atoms with Crippen LogP contribution in [0.2, 0.25) is 0 Å². The van der Waals surface area contributed by atoms with Crippen molar-refractivity contribution < 1.29 is 4.79 Å². The Morgan fingerprint density at radius 1 is 1.07 bits per heavy atom. The van der Waals surface area contributed by atoms with Gasteiger partial charge in [-0.25, -0.2) is 4.98 Å². The molecule has 0 atom stereocenters. The first-order valence-electron chi connectivity index (χ1n) is 10.5. The van der Waals surface area contributed by atoms with E-state index in [0.29, 0.717) is 5.91 Å². The number of carbonyl (C=O) groups is 1. The summed E-state index contributed by atoms with van der Waals surface area (Å²) in [5.74, 6) is 0.563. The van der Waals surface area contributed by atoms with E-state index in [1.165, 1.54) is 11.3 Å². The van der Waals surface area contributed by atoms with E-state index in [1.807, 2.05) is 6.07 Å². The molecule has 0 bridgehead atoms. The summed E-state index contributed by atoms with van der Waals surface area (Å²) in [5.41, 5.74) is 2.48. The van der Waals surface area contributed by atoms with E-state index >= 15 is 0 Å². The number of amides is 1. The number of rotatable bonds is 5. The molecule has 2 aromatic rings. The van der Waals surface area contributed by atoms with Crippen molar-refractivity contribution in [1.82, 2.24) is 19.7 Å². The predicted octanol–water partition coefficient (Wildman–Crippen LogP) is 3.77. The highest BCUT2D eigenvalue weighted by Crippen LogP contribution is 2.23. The summed E-state index contributed by atoms with van der Waals surface area (Å²) in [4.78, 5) is 24.6. The van der Waals surface area contributed by atoms with E-state index < -0.39 is 0 Å². The van der Waals surface area contributed by atoms with Gasteiger partial charge in [-0.2, -0.15) is 0 Å². The van der Waals surface area contributed by atoms with Gasteiger partial charge >= 0.3 is 0 Å². The van der Waals surface area contributed by atoms with Crippen molar-refractivity contribution >= 4 is 33.2 Å². The number of thiazole rings is 1. The van der Waals surface area contributed by atoms with Gasteiger partial charge < -0.3 is 4.90 Å². The van der Waals surface area contributed by atoms with Gasteiger partial charge in [-0.3, -0.25) is 14.6 Å². The SMILES string of the molecule is Cc1nc(CN2CCC(C(=O)N3CCN(Cc4ccccc4Br)CC3)CC2)cs1. The molecule has 1 amide bonds. The fourth-order valence-corrected chi connectivity index (χ4v) is 5.31. The molecule has 2 aliphatic rings. The lowest BCUT2D eigenvalue weighted by Gasteiger charge is -2.38. The molecule has 5 nitrogen and oxygen atoms in total. The maximum Gasteiger partial charge on any atom is 0.225 e. The third-order valence-corrected chi connectivity index (χ3v) is 7.62. The van der Waals surface area contributed by atoms with Crippen molar-refractivity contribution in [3.63, 3.8) is 0 Å². The van der Waals surface area contributed by atoms with Crippen molar-refractivity contribution in [2.45, 2.75) is 32.9 Å². The minimum Gasteiger partial charge on any atom is -0.340 e. The molecule has 7 heteroatoms. The molecule has 3 heterocycles. The van der Waals surface area contributed by atoms with Crippen LogP contribution < -0.4 is 0 Å². The highest BCUT2D eigenvalue weighted by atomic mass is 79.9. The average Bonchev–Trinajstić information content (AvgIpc) is 3.15. The van der Waals surface area contributed by atoms with Gasteiger partial charge in [0.05, 0.1) is 10.7 Å². The highest BCUT2D eigenvalue weighted by molar-refractivity contribution is 9.10. The normalized spacial score (nSPS) is 19.6. The highest BCUT2D eigenvalue weighted by Gasteiger charge is 2.30. The number of hydrogen-bond donors (Lipinski definition) is 0. The number of halogens is 1. The van der Waals surface area contributed by atoms with Crippen molar-refractivity contribution in [3.8, 4) is 0 Å². The summed E-state index contributed by atoms with van der Waals surface area (Å²) in [6.45, 7) is 9.51. The van der Waals surface area contributed by atoms with E-state index in [4.69, 9.17) is 0 Å². The molecule has 2 saturated heterocycles. The van der Waals surface area contributed by atoms with Crippen LogP contribution in [0.3, 0.4) is 0 Å². The average molecular weight is 477 g/mol. The maximum atomic E-state index is 13.0. The number of hydrogen-bond acceptors (Lipinski definition) is 5. The van der Waals surface area contributed by atoms with Gasteiger partial charge in [0.25, 0.3) is 0 Å². The molecule has 156 valence electrons. The first-order valence-corrected chi connectivity index (χ1v) is 12.1. The van der Waals surface area contributed by atoms with Crippen LogP contribution in [0.15, 0.2) is 34.1 Å². The summed E-state index contributed by atoms with van der Waals surface area (Å²) in [6.07, 6.45) is 1.94. The number of aryl methyl sites for hydroxylation is 1. The quantitative estimate of drug-likeness (QED) is 0.658. The van der Waals surface area contributed by atoms with Crippen LogP contribution in [-0.2, 0) is 17.9 Å². The van der Waals surface area contributed by atoms with Gasteiger partial charge in [-0.15, -0.1) is 11.3 Å². The number of piperazine rings is 1. The fourth-order valence-electron chi connectivity index (χ4n) is 4.30. The molecule has 0 radical (unpaired) electrons. The smallest absolute Gasteiger partial charge is 0.225 e. The molecule has 29 heavy (non-hydrogen) atoms. The molecule has 4 rings (SSSR count). The number of carbonyl (C=O) groups excluding carboxylic acids is 1. The Balaban J connectivity index is 1.21. The van der Waals surface area contributed by atoms with Crippen LogP contribution in [0.5, 0.6) is 0 Å². The summed E-state index contributed by atoms with van der Waals surface area (Å²) in [7, 11) is 0. The minimum absolute atomic E-state index is 0.193. The molecule has 2 aliphatic heterocycles. The van der Waals surface area contributed by atoms with Crippen LogP contribution in [0, 0.1) is 12.8 Å². The largest absolute Gasteiger partial charge is 0.340 e. The van der Waals surface area contributed by atoms with E-state index in [2.05, 4.69) is 66.1 Å². The third-order valence-electron chi connectivity index (χ3n) is 6.02. The number of nitrogens with zero attached hydrogens (tertiary/aromatic N) is 4.